The number of aryl methyl sites for hydroxylation is 1. The van der Waals surface area contributed by atoms with Crippen LogP contribution in [-0.2, 0) is 16.1 Å². The molecule has 0 radical (unpaired) electrons. The van der Waals surface area contributed by atoms with Gasteiger partial charge in [-0.1, -0.05) is 48.0 Å². The van der Waals surface area contributed by atoms with E-state index in [0.717, 1.165) is 44.0 Å². The largest absolute Gasteiger partial charge is 0.331 e. The Bertz CT molecular complexity index is 830. The lowest BCUT2D eigenvalue weighted by atomic mass is 10.1. The van der Waals surface area contributed by atoms with Gasteiger partial charge in [0.2, 0.25) is 5.91 Å². The molecule has 0 saturated carbocycles. The second-order valence-corrected chi connectivity index (χ2v) is 8.40. The van der Waals surface area contributed by atoms with E-state index in [0.29, 0.717) is 0 Å². The predicted octanol–water partition coefficient (Wildman–Crippen LogP) is -0.236. The molecule has 1 aliphatic rings. The molecule has 2 aromatic carbocycles. The summed E-state index contributed by atoms with van der Waals surface area (Å²) in [6.07, 6.45) is 0. The molecule has 0 bridgehead atoms. The Labute approximate surface area is 179 Å². The van der Waals surface area contributed by atoms with Crippen LogP contribution < -0.4 is 15.1 Å². The molecule has 30 heavy (non-hydrogen) atoms. The van der Waals surface area contributed by atoms with Gasteiger partial charge in [0.15, 0.2) is 6.04 Å². The Kier molecular flexibility index (Phi) is 7.60. The maximum atomic E-state index is 12.9. The number of likely N-dealkylation sites (N-methyl/N-ethyl adjacent to an activating group) is 1. The molecule has 0 aromatic heterocycles. The Morgan fingerprint density at radius 1 is 1.00 bits per heavy atom. The Hall–Kier alpha value is -2.70. The Morgan fingerprint density at radius 3 is 2.27 bits per heavy atom. The van der Waals surface area contributed by atoms with E-state index in [4.69, 9.17) is 0 Å². The molecule has 6 heteroatoms. The van der Waals surface area contributed by atoms with E-state index in [1.807, 2.05) is 44.2 Å². The van der Waals surface area contributed by atoms with Gasteiger partial charge in [0, 0.05) is 18.3 Å². The van der Waals surface area contributed by atoms with E-state index >= 15 is 0 Å². The van der Waals surface area contributed by atoms with Crippen LogP contribution in [0.3, 0.4) is 0 Å². The average Bonchev–Trinajstić information content (AvgIpc) is 2.75. The highest BCUT2D eigenvalue weighted by molar-refractivity contribution is 5.94. The minimum Gasteiger partial charge on any atom is -0.331 e. The SMILES string of the molecule is Cc1ccc(NC(=O)CN(C)C(=O)[C@H](C)[NH+]2CC[NH+](Cc3ccccc3)CC2)cc1. The molecule has 3 N–H and O–H groups in total. The molecule has 160 valence electrons. The fourth-order valence-electron chi connectivity index (χ4n) is 4.05. The molecule has 6 nitrogen and oxygen atoms in total. The third kappa shape index (κ3) is 6.15. The van der Waals surface area contributed by atoms with Crippen LogP contribution in [-0.4, -0.2) is 62.5 Å². The molecule has 1 aliphatic heterocycles. The van der Waals surface area contributed by atoms with E-state index in [1.165, 1.54) is 10.5 Å². The van der Waals surface area contributed by atoms with Gasteiger partial charge in [0.1, 0.15) is 32.7 Å². The summed E-state index contributed by atoms with van der Waals surface area (Å²) >= 11 is 0. The van der Waals surface area contributed by atoms with Gasteiger partial charge in [-0.25, -0.2) is 0 Å². The van der Waals surface area contributed by atoms with Crippen molar-refractivity contribution in [2.24, 2.45) is 0 Å². The third-order valence-corrected chi connectivity index (χ3v) is 5.97. The molecule has 0 spiro atoms. The number of nitrogens with zero attached hydrogens (tertiary/aromatic N) is 1. The smallest absolute Gasteiger partial charge is 0.280 e. The van der Waals surface area contributed by atoms with Crippen molar-refractivity contribution in [3.05, 3.63) is 65.7 Å². The standard InChI is InChI=1S/C24H32N4O2/c1-19-9-11-22(12-10-19)25-23(29)18-26(3)24(30)20(2)28-15-13-27(14-16-28)17-21-7-5-4-6-8-21/h4-12,20H,13-18H2,1-3H3,(H,25,29)/p+2/t20-/m0/s1. The zero-order chi connectivity index (χ0) is 21.5. The number of carbonyl (C=O) groups is 2. The van der Waals surface area contributed by atoms with Crippen LogP contribution in [0.1, 0.15) is 18.1 Å². The lowest BCUT2D eigenvalue weighted by Crippen LogP contribution is -3.29. The van der Waals surface area contributed by atoms with Gasteiger partial charge in [-0.2, -0.15) is 0 Å². The summed E-state index contributed by atoms with van der Waals surface area (Å²) in [5, 5.41) is 2.86. The van der Waals surface area contributed by atoms with Crippen molar-refractivity contribution in [3.8, 4) is 0 Å². The van der Waals surface area contributed by atoms with Crippen molar-refractivity contribution in [1.82, 2.24) is 4.90 Å². The molecule has 3 rings (SSSR count). The zero-order valence-electron chi connectivity index (χ0n) is 18.3. The Balaban J connectivity index is 1.44. The molecule has 2 aromatic rings. The lowest BCUT2D eigenvalue weighted by molar-refractivity contribution is -1.02. The number of hydrogen-bond donors (Lipinski definition) is 3. The van der Waals surface area contributed by atoms with Crippen LogP contribution in [0.2, 0.25) is 0 Å². The number of rotatable bonds is 7. The highest BCUT2D eigenvalue weighted by atomic mass is 16.2. The van der Waals surface area contributed by atoms with Gasteiger partial charge in [-0.15, -0.1) is 0 Å². The monoisotopic (exact) mass is 410 g/mol. The number of nitrogens with one attached hydrogen (secondary N) is 3. The van der Waals surface area contributed by atoms with Gasteiger partial charge >= 0.3 is 0 Å². The summed E-state index contributed by atoms with van der Waals surface area (Å²) in [5.41, 5.74) is 3.25. The maximum absolute atomic E-state index is 12.9. The lowest BCUT2D eigenvalue weighted by Gasteiger charge is -2.34. The molecule has 2 amide bonds. The third-order valence-electron chi connectivity index (χ3n) is 5.97. The average molecular weight is 411 g/mol. The second kappa shape index (κ2) is 10.4. The highest BCUT2D eigenvalue weighted by Crippen LogP contribution is 2.08. The summed E-state index contributed by atoms with van der Waals surface area (Å²) in [4.78, 5) is 29.6. The van der Waals surface area contributed by atoms with Crippen LogP contribution >= 0.6 is 0 Å². The quantitative estimate of drug-likeness (QED) is 0.590. The molecule has 0 unspecified atom stereocenters. The molecule has 0 aliphatic carbocycles. The van der Waals surface area contributed by atoms with Crippen LogP contribution in [0.25, 0.3) is 0 Å². The molecular weight excluding hydrogens is 376 g/mol. The van der Waals surface area contributed by atoms with Crippen molar-refractivity contribution < 1.29 is 19.4 Å². The van der Waals surface area contributed by atoms with E-state index in [-0.39, 0.29) is 24.4 Å². The zero-order valence-corrected chi connectivity index (χ0v) is 18.3. The summed E-state index contributed by atoms with van der Waals surface area (Å²) in [5.74, 6) is -0.149. The number of anilines is 1. The highest BCUT2D eigenvalue weighted by Gasteiger charge is 2.33. The maximum Gasteiger partial charge on any atom is 0.280 e. The van der Waals surface area contributed by atoms with Crippen molar-refractivity contribution in [2.45, 2.75) is 26.4 Å². The summed E-state index contributed by atoms with van der Waals surface area (Å²) < 4.78 is 0. The van der Waals surface area contributed by atoms with Crippen molar-refractivity contribution >= 4 is 17.5 Å². The van der Waals surface area contributed by atoms with E-state index < -0.39 is 0 Å². The molecule has 1 heterocycles. The first-order valence-corrected chi connectivity index (χ1v) is 10.8. The van der Waals surface area contributed by atoms with Gasteiger partial charge in [-0.3, -0.25) is 9.59 Å². The number of amides is 2. The number of carbonyl (C=O) groups excluding carboxylic acids is 2. The number of quaternary nitrogens is 2. The van der Waals surface area contributed by atoms with E-state index in [2.05, 4.69) is 29.6 Å². The topological polar surface area (TPSA) is 58.3 Å². The van der Waals surface area contributed by atoms with Gasteiger partial charge in [0.05, 0.1) is 6.54 Å². The van der Waals surface area contributed by atoms with Crippen LogP contribution in [0.4, 0.5) is 5.69 Å². The van der Waals surface area contributed by atoms with Gasteiger partial charge in [0.25, 0.3) is 5.91 Å². The van der Waals surface area contributed by atoms with Crippen LogP contribution in [0, 0.1) is 6.92 Å². The molecule has 1 atom stereocenters. The summed E-state index contributed by atoms with van der Waals surface area (Å²) in [6, 6.07) is 18.1. The van der Waals surface area contributed by atoms with Crippen LogP contribution in [0.5, 0.6) is 0 Å². The fraction of sp³-hybridized carbons (Fsp3) is 0.417. The summed E-state index contributed by atoms with van der Waals surface area (Å²) in [6.45, 7) is 9.14. The molecular formula is C24H34N4O2+2. The summed E-state index contributed by atoms with van der Waals surface area (Å²) in [7, 11) is 1.71. The number of piperazine rings is 1. The number of hydrogen-bond acceptors (Lipinski definition) is 2. The van der Waals surface area contributed by atoms with Crippen molar-refractivity contribution in [2.75, 3.05) is 45.1 Å². The van der Waals surface area contributed by atoms with Gasteiger partial charge < -0.3 is 20.0 Å². The number of benzene rings is 2. The predicted molar refractivity (Wildman–Crippen MR) is 118 cm³/mol. The molecule has 1 saturated heterocycles. The van der Waals surface area contributed by atoms with Crippen LogP contribution in [0.15, 0.2) is 54.6 Å². The second-order valence-electron chi connectivity index (χ2n) is 8.40. The fourth-order valence-corrected chi connectivity index (χ4v) is 4.05. The van der Waals surface area contributed by atoms with Crippen molar-refractivity contribution in [1.29, 1.82) is 0 Å². The first-order valence-electron chi connectivity index (χ1n) is 10.8. The van der Waals surface area contributed by atoms with E-state index in [9.17, 15) is 9.59 Å². The minimum absolute atomic E-state index is 0.0237. The minimum atomic E-state index is -0.172. The molecule has 1 fully saturated rings. The first-order chi connectivity index (χ1) is 14.4. The Morgan fingerprint density at radius 2 is 1.63 bits per heavy atom. The first kappa shape index (κ1) is 22.0. The normalized spacial score (nSPS) is 19.7. The van der Waals surface area contributed by atoms with E-state index in [1.54, 1.807) is 16.8 Å². The van der Waals surface area contributed by atoms with Gasteiger partial charge in [-0.05, 0) is 26.0 Å². The van der Waals surface area contributed by atoms with Crippen molar-refractivity contribution in [3.63, 3.8) is 0 Å².